The van der Waals surface area contributed by atoms with Crippen molar-refractivity contribution >= 4 is 18.1 Å². The number of carbonyl (C=O) groups is 2. The number of carboxylic acid groups (broad SMARTS) is 1. The fourth-order valence-electron chi connectivity index (χ4n) is 2.52. The van der Waals surface area contributed by atoms with Crippen LogP contribution in [0.3, 0.4) is 0 Å². The van der Waals surface area contributed by atoms with Gasteiger partial charge in [-0.2, -0.15) is 0 Å². The number of aliphatic hydroxyl groups excluding tert-OH is 2. The van der Waals surface area contributed by atoms with E-state index in [9.17, 15) is 19.8 Å². The Morgan fingerprint density at radius 1 is 1.14 bits per heavy atom. The molecule has 2 unspecified atom stereocenters. The van der Waals surface area contributed by atoms with Gasteiger partial charge in [0.05, 0.1) is 7.11 Å². The summed E-state index contributed by atoms with van der Waals surface area (Å²) in [7, 11) is 1.43. The van der Waals surface area contributed by atoms with E-state index >= 15 is 0 Å². The summed E-state index contributed by atoms with van der Waals surface area (Å²) in [4.78, 5) is 22.5. The molecule has 2 rings (SSSR count). The number of ether oxygens (including phenoxy) is 2. The molecule has 0 aromatic heterocycles. The van der Waals surface area contributed by atoms with E-state index in [0.29, 0.717) is 16.9 Å². The van der Waals surface area contributed by atoms with Gasteiger partial charge >= 0.3 is 12.1 Å². The van der Waals surface area contributed by atoms with Crippen molar-refractivity contribution in [3.05, 3.63) is 71.3 Å². The number of carbonyl (C=O) groups excluding carboxylic acids is 1. The Balaban J connectivity index is 1.93. The molecule has 0 spiro atoms. The molecule has 4 N–H and O–H groups in total. The van der Waals surface area contributed by atoms with Gasteiger partial charge < -0.3 is 30.1 Å². The lowest BCUT2D eigenvalue weighted by Crippen LogP contribution is -2.35. The quantitative estimate of drug-likeness (QED) is 0.474. The van der Waals surface area contributed by atoms with E-state index in [1.807, 2.05) is 30.3 Å². The number of alkyl carbamates (subject to hydrolysis) is 1. The van der Waals surface area contributed by atoms with Gasteiger partial charge in [-0.15, -0.1) is 0 Å². The van der Waals surface area contributed by atoms with E-state index in [-0.39, 0.29) is 13.2 Å². The number of nitrogens with one attached hydrogen (secondary N) is 1. The van der Waals surface area contributed by atoms with Gasteiger partial charge in [0.1, 0.15) is 24.6 Å². The first kappa shape index (κ1) is 21.9. The van der Waals surface area contributed by atoms with Crippen molar-refractivity contribution in [1.82, 2.24) is 5.32 Å². The minimum absolute atomic E-state index is 0.0864. The third-order valence-corrected chi connectivity index (χ3v) is 4.03. The van der Waals surface area contributed by atoms with Crippen molar-refractivity contribution in [3.63, 3.8) is 0 Å². The van der Waals surface area contributed by atoms with Gasteiger partial charge in [-0.25, -0.2) is 9.59 Å². The molecule has 2 atom stereocenters. The van der Waals surface area contributed by atoms with E-state index in [0.717, 1.165) is 11.6 Å². The zero-order chi connectivity index (χ0) is 21.2. The Labute approximate surface area is 168 Å². The second kappa shape index (κ2) is 10.8. The summed E-state index contributed by atoms with van der Waals surface area (Å²) in [5, 5.41) is 31.7. The van der Waals surface area contributed by atoms with Gasteiger partial charge in [-0.3, -0.25) is 0 Å². The first-order valence-corrected chi connectivity index (χ1v) is 8.80. The summed E-state index contributed by atoms with van der Waals surface area (Å²) in [5.74, 6) is -0.716. The van der Waals surface area contributed by atoms with Crippen LogP contribution in [-0.2, 0) is 16.1 Å². The highest BCUT2D eigenvalue weighted by molar-refractivity contribution is 5.86. The highest BCUT2D eigenvalue weighted by atomic mass is 16.5. The fraction of sp³-hybridized carbons (Fsp3) is 0.238. The predicted octanol–water partition coefficient (Wildman–Crippen LogP) is 2.11. The lowest BCUT2D eigenvalue weighted by atomic mass is 10.0. The molecule has 0 fully saturated rings. The third-order valence-electron chi connectivity index (χ3n) is 4.03. The number of aliphatic hydroxyl groups is 2. The first-order valence-electron chi connectivity index (χ1n) is 8.80. The van der Waals surface area contributed by atoms with Gasteiger partial charge in [-0.05, 0) is 29.3 Å². The SMILES string of the molecule is COc1ccc(C(O)C(O)CNC(=O)OCc2ccccc2)cc1/C=C/C(=O)O. The molecule has 0 heterocycles. The second-order valence-corrected chi connectivity index (χ2v) is 6.13. The van der Waals surface area contributed by atoms with Crippen molar-refractivity contribution in [2.24, 2.45) is 0 Å². The zero-order valence-corrected chi connectivity index (χ0v) is 15.8. The zero-order valence-electron chi connectivity index (χ0n) is 15.8. The maximum absolute atomic E-state index is 11.8. The lowest BCUT2D eigenvalue weighted by Gasteiger charge is -2.19. The molecular formula is C21H23NO7. The number of aliphatic carboxylic acids is 1. The van der Waals surface area contributed by atoms with Gasteiger partial charge in [0.25, 0.3) is 0 Å². The molecule has 154 valence electrons. The molecule has 0 radical (unpaired) electrons. The Kier molecular flexibility index (Phi) is 8.20. The monoisotopic (exact) mass is 401 g/mol. The molecule has 8 nitrogen and oxygen atoms in total. The summed E-state index contributed by atoms with van der Waals surface area (Å²) < 4.78 is 10.2. The molecule has 1 amide bonds. The molecule has 0 bridgehead atoms. The van der Waals surface area contributed by atoms with E-state index in [4.69, 9.17) is 14.6 Å². The van der Waals surface area contributed by atoms with Crippen LogP contribution in [-0.4, -0.2) is 47.1 Å². The van der Waals surface area contributed by atoms with Crippen molar-refractivity contribution < 1.29 is 34.4 Å². The Hall–Kier alpha value is -3.36. The van der Waals surface area contributed by atoms with Crippen LogP contribution in [0.1, 0.15) is 22.8 Å². The molecule has 2 aromatic carbocycles. The molecule has 0 saturated carbocycles. The molecular weight excluding hydrogens is 378 g/mol. The van der Waals surface area contributed by atoms with Crippen molar-refractivity contribution in [2.75, 3.05) is 13.7 Å². The number of hydrogen-bond acceptors (Lipinski definition) is 6. The number of hydrogen-bond donors (Lipinski definition) is 4. The molecule has 2 aromatic rings. The average molecular weight is 401 g/mol. The molecule has 0 aliphatic heterocycles. The maximum atomic E-state index is 11.8. The van der Waals surface area contributed by atoms with E-state index in [2.05, 4.69) is 5.32 Å². The number of benzene rings is 2. The van der Waals surface area contributed by atoms with Gasteiger partial charge in [0.15, 0.2) is 0 Å². The minimum Gasteiger partial charge on any atom is -0.496 e. The van der Waals surface area contributed by atoms with Crippen LogP contribution in [0.5, 0.6) is 5.75 Å². The summed E-state index contributed by atoms with van der Waals surface area (Å²) in [6.45, 7) is -0.149. The summed E-state index contributed by atoms with van der Waals surface area (Å²) in [6.07, 6.45) is -1.08. The minimum atomic E-state index is -1.31. The normalized spacial score (nSPS) is 12.9. The largest absolute Gasteiger partial charge is 0.496 e. The highest BCUT2D eigenvalue weighted by Gasteiger charge is 2.20. The van der Waals surface area contributed by atoms with Crippen LogP contribution < -0.4 is 10.1 Å². The van der Waals surface area contributed by atoms with Crippen LogP contribution in [0.25, 0.3) is 6.08 Å². The number of rotatable bonds is 9. The summed E-state index contributed by atoms with van der Waals surface area (Å²) in [6, 6.07) is 13.7. The molecule has 0 saturated heterocycles. The number of carboxylic acids is 1. The Morgan fingerprint density at radius 2 is 1.86 bits per heavy atom. The van der Waals surface area contributed by atoms with Crippen LogP contribution in [0, 0.1) is 0 Å². The maximum Gasteiger partial charge on any atom is 0.407 e. The first-order chi connectivity index (χ1) is 13.9. The van der Waals surface area contributed by atoms with Crippen molar-refractivity contribution in [1.29, 1.82) is 0 Å². The highest BCUT2D eigenvalue weighted by Crippen LogP contribution is 2.26. The molecule has 0 aliphatic rings. The topological polar surface area (TPSA) is 125 Å². The van der Waals surface area contributed by atoms with Crippen LogP contribution in [0.15, 0.2) is 54.6 Å². The van der Waals surface area contributed by atoms with Crippen LogP contribution >= 0.6 is 0 Å². The second-order valence-electron chi connectivity index (χ2n) is 6.13. The van der Waals surface area contributed by atoms with Crippen LogP contribution in [0.4, 0.5) is 4.79 Å². The van der Waals surface area contributed by atoms with E-state index in [1.165, 1.54) is 19.3 Å². The van der Waals surface area contributed by atoms with Crippen molar-refractivity contribution in [2.45, 2.75) is 18.8 Å². The smallest absolute Gasteiger partial charge is 0.407 e. The molecule has 29 heavy (non-hydrogen) atoms. The number of amides is 1. The standard InChI is InChI=1S/C21H23NO7/c1-28-18-9-7-16(11-15(18)8-10-19(24)25)20(26)17(23)12-22-21(27)29-13-14-5-3-2-4-6-14/h2-11,17,20,23,26H,12-13H2,1H3,(H,22,27)(H,24,25)/b10-8+. The fourth-order valence-corrected chi connectivity index (χ4v) is 2.52. The third kappa shape index (κ3) is 6.95. The van der Waals surface area contributed by atoms with Gasteiger partial charge in [0, 0.05) is 18.2 Å². The Bertz CT molecular complexity index is 851. The summed E-state index contributed by atoms with van der Waals surface area (Å²) >= 11 is 0. The number of methoxy groups -OCH3 is 1. The van der Waals surface area contributed by atoms with Gasteiger partial charge in [-0.1, -0.05) is 36.4 Å². The van der Waals surface area contributed by atoms with E-state index in [1.54, 1.807) is 12.1 Å². The molecule has 8 heteroatoms. The predicted molar refractivity (Wildman–Crippen MR) is 105 cm³/mol. The average Bonchev–Trinajstić information content (AvgIpc) is 2.74. The van der Waals surface area contributed by atoms with E-state index < -0.39 is 24.3 Å². The van der Waals surface area contributed by atoms with Gasteiger partial charge in [0.2, 0.25) is 0 Å². The Morgan fingerprint density at radius 3 is 2.52 bits per heavy atom. The summed E-state index contributed by atoms with van der Waals surface area (Å²) in [5.41, 5.74) is 1.58. The lowest BCUT2D eigenvalue weighted by molar-refractivity contribution is -0.131. The van der Waals surface area contributed by atoms with Crippen molar-refractivity contribution in [3.8, 4) is 5.75 Å². The van der Waals surface area contributed by atoms with Crippen LogP contribution in [0.2, 0.25) is 0 Å². The molecule has 0 aliphatic carbocycles.